The van der Waals surface area contributed by atoms with E-state index < -0.39 is 11.4 Å². The summed E-state index contributed by atoms with van der Waals surface area (Å²) in [6.45, 7) is 4.99. The van der Waals surface area contributed by atoms with Crippen LogP contribution in [-0.4, -0.2) is 47.0 Å². The van der Waals surface area contributed by atoms with Crippen LogP contribution in [0.2, 0.25) is 0 Å². The first kappa shape index (κ1) is 25.9. The van der Waals surface area contributed by atoms with E-state index in [1.807, 2.05) is 30.1 Å². The molecule has 0 aromatic carbocycles. The van der Waals surface area contributed by atoms with Gasteiger partial charge in [-0.05, 0) is 64.7 Å². The standard InChI is InChI=1S/C27H28FN7O2S/c1-16-21(14-32-35(16)20-8-6-19(7-9-20)33-26(36)27(2,3)37)17-11-23(38-25-22(28)5-4-10-30-25)24-18(12-29)13-31-34(24)15-17/h4-5,10-11,13-15,19-20,37H,6-9H2,1-3H3,(H,33,36)/t19-,20-. The van der Waals surface area contributed by atoms with Gasteiger partial charge in [-0.25, -0.2) is 13.9 Å². The van der Waals surface area contributed by atoms with Crippen LogP contribution >= 0.6 is 11.8 Å². The number of hydrogen-bond acceptors (Lipinski definition) is 7. The number of halogens is 1. The molecule has 0 bridgehead atoms. The lowest BCUT2D eigenvalue weighted by molar-refractivity contribution is -0.137. The fourth-order valence-corrected chi connectivity index (χ4v) is 5.82. The van der Waals surface area contributed by atoms with E-state index in [0.29, 0.717) is 16.0 Å². The van der Waals surface area contributed by atoms with E-state index in [0.717, 1.165) is 54.3 Å². The number of aliphatic hydroxyl groups is 1. The minimum atomic E-state index is -1.40. The zero-order chi connectivity index (χ0) is 27.0. The van der Waals surface area contributed by atoms with Crippen molar-refractivity contribution in [2.24, 2.45) is 0 Å². The Kier molecular flexibility index (Phi) is 6.94. The molecule has 9 nitrogen and oxygen atoms in total. The van der Waals surface area contributed by atoms with Crippen LogP contribution in [0.4, 0.5) is 4.39 Å². The molecule has 4 heterocycles. The Morgan fingerprint density at radius 3 is 2.71 bits per heavy atom. The number of fused-ring (bicyclic) bond motifs is 1. The van der Waals surface area contributed by atoms with Crippen LogP contribution in [0.5, 0.6) is 0 Å². The average Bonchev–Trinajstić information content (AvgIpc) is 3.48. The average molecular weight is 534 g/mol. The molecule has 1 fully saturated rings. The molecule has 0 spiro atoms. The molecule has 0 aliphatic heterocycles. The van der Waals surface area contributed by atoms with Crippen molar-refractivity contribution >= 4 is 23.2 Å². The molecule has 1 aliphatic rings. The maximum absolute atomic E-state index is 14.4. The Labute approximate surface area is 223 Å². The molecule has 1 saturated carbocycles. The van der Waals surface area contributed by atoms with Gasteiger partial charge >= 0.3 is 0 Å². The number of amides is 1. The molecule has 0 atom stereocenters. The third-order valence-corrected chi connectivity index (χ3v) is 7.94. The van der Waals surface area contributed by atoms with E-state index in [2.05, 4.69) is 21.5 Å². The number of nitrogens with zero attached hydrogens (tertiary/aromatic N) is 6. The molecule has 2 N–H and O–H groups in total. The van der Waals surface area contributed by atoms with Gasteiger partial charge in [0, 0.05) is 40.2 Å². The van der Waals surface area contributed by atoms with Crippen molar-refractivity contribution in [3.05, 3.63) is 60.1 Å². The molecule has 1 amide bonds. The number of pyridine rings is 2. The summed E-state index contributed by atoms with van der Waals surface area (Å²) in [5, 5.41) is 31.7. The molecule has 0 saturated heterocycles. The van der Waals surface area contributed by atoms with Crippen LogP contribution in [0.3, 0.4) is 0 Å². The quantitative estimate of drug-likeness (QED) is 0.376. The molecule has 38 heavy (non-hydrogen) atoms. The van der Waals surface area contributed by atoms with Gasteiger partial charge in [-0.3, -0.25) is 9.48 Å². The van der Waals surface area contributed by atoms with Crippen molar-refractivity contribution in [1.82, 2.24) is 29.7 Å². The SMILES string of the molecule is Cc1c(-c2cc(Sc3ncccc3F)c3c(C#N)cnn3c2)cnn1[C@H]1CC[C@H](NC(=O)C(C)(C)O)CC1. The number of aromatic nitrogens is 5. The molecule has 1 aliphatic carbocycles. The Morgan fingerprint density at radius 1 is 1.26 bits per heavy atom. The molecular weight excluding hydrogens is 505 g/mol. The van der Waals surface area contributed by atoms with Crippen LogP contribution < -0.4 is 5.32 Å². The fourth-order valence-electron chi connectivity index (χ4n) is 4.84. The van der Waals surface area contributed by atoms with Gasteiger partial charge < -0.3 is 10.4 Å². The monoisotopic (exact) mass is 533 g/mol. The van der Waals surface area contributed by atoms with Gasteiger partial charge in [-0.1, -0.05) is 11.8 Å². The van der Waals surface area contributed by atoms with E-state index in [-0.39, 0.29) is 23.0 Å². The van der Waals surface area contributed by atoms with Crippen LogP contribution in [0, 0.1) is 24.1 Å². The molecule has 11 heteroatoms. The highest BCUT2D eigenvalue weighted by atomic mass is 32.2. The van der Waals surface area contributed by atoms with Gasteiger partial charge in [-0.2, -0.15) is 15.5 Å². The van der Waals surface area contributed by atoms with Crippen molar-refractivity contribution in [2.45, 2.75) is 74.1 Å². The second-order valence-electron chi connectivity index (χ2n) is 10.1. The Morgan fingerprint density at radius 2 is 2.03 bits per heavy atom. The fraction of sp³-hybridized carbons (Fsp3) is 0.370. The molecule has 4 aromatic heterocycles. The first-order valence-electron chi connectivity index (χ1n) is 12.4. The maximum atomic E-state index is 14.4. The zero-order valence-electron chi connectivity index (χ0n) is 21.3. The summed E-state index contributed by atoms with van der Waals surface area (Å²) < 4.78 is 18.1. The predicted octanol–water partition coefficient (Wildman–Crippen LogP) is 4.43. The van der Waals surface area contributed by atoms with Crippen molar-refractivity contribution in [3.63, 3.8) is 0 Å². The third kappa shape index (κ3) is 5.01. The van der Waals surface area contributed by atoms with Gasteiger partial charge in [0.25, 0.3) is 5.91 Å². The van der Waals surface area contributed by atoms with Crippen molar-refractivity contribution in [1.29, 1.82) is 5.26 Å². The smallest absolute Gasteiger partial charge is 0.251 e. The number of rotatable bonds is 6. The predicted molar refractivity (Wildman–Crippen MR) is 140 cm³/mol. The van der Waals surface area contributed by atoms with E-state index in [1.54, 1.807) is 4.52 Å². The van der Waals surface area contributed by atoms with Crippen molar-refractivity contribution < 1.29 is 14.3 Å². The number of carbonyl (C=O) groups excluding carboxylic acids is 1. The summed E-state index contributed by atoms with van der Waals surface area (Å²) >= 11 is 1.16. The molecule has 4 aromatic rings. The molecule has 0 radical (unpaired) electrons. The number of nitrogens with one attached hydrogen (secondary N) is 1. The Bertz CT molecular complexity index is 1540. The first-order valence-corrected chi connectivity index (χ1v) is 13.2. The highest BCUT2D eigenvalue weighted by Crippen LogP contribution is 2.38. The molecule has 5 rings (SSSR count). The normalized spacial score (nSPS) is 17.9. The number of carbonyl (C=O) groups is 1. The van der Waals surface area contributed by atoms with Crippen LogP contribution in [0.25, 0.3) is 16.6 Å². The van der Waals surface area contributed by atoms with Gasteiger partial charge in [0.05, 0.1) is 29.5 Å². The van der Waals surface area contributed by atoms with Crippen molar-refractivity contribution in [2.75, 3.05) is 0 Å². The summed E-state index contributed by atoms with van der Waals surface area (Å²) in [5.41, 5.74) is 2.36. The summed E-state index contributed by atoms with van der Waals surface area (Å²) in [6.07, 6.45) is 10.0. The zero-order valence-corrected chi connectivity index (χ0v) is 22.2. The number of hydrogen-bond donors (Lipinski definition) is 2. The maximum Gasteiger partial charge on any atom is 0.251 e. The first-order chi connectivity index (χ1) is 18.2. The minimum absolute atomic E-state index is 0.0311. The van der Waals surface area contributed by atoms with E-state index in [9.17, 15) is 19.6 Å². The van der Waals surface area contributed by atoms with Crippen LogP contribution in [-0.2, 0) is 4.79 Å². The van der Waals surface area contributed by atoms with Crippen molar-refractivity contribution in [3.8, 4) is 17.2 Å². The van der Waals surface area contributed by atoms with E-state index >= 15 is 0 Å². The van der Waals surface area contributed by atoms with Gasteiger partial charge in [0.2, 0.25) is 0 Å². The summed E-state index contributed by atoms with van der Waals surface area (Å²) in [6, 6.07) is 7.21. The topological polar surface area (TPSA) is 121 Å². The third-order valence-electron chi connectivity index (χ3n) is 6.92. The molecule has 0 unspecified atom stereocenters. The Balaban J connectivity index is 1.42. The second-order valence-corrected chi connectivity index (χ2v) is 11.1. The summed E-state index contributed by atoms with van der Waals surface area (Å²) in [5.74, 6) is -0.788. The van der Waals surface area contributed by atoms with Crippen LogP contribution in [0.1, 0.15) is 56.8 Å². The molecule has 196 valence electrons. The summed E-state index contributed by atoms with van der Waals surface area (Å²) in [7, 11) is 0. The lowest BCUT2D eigenvalue weighted by Crippen LogP contribution is -2.47. The van der Waals surface area contributed by atoms with Gasteiger partial charge in [-0.15, -0.1) is 0 Å². The van der Waals surface area contributed by atoms with Gasteiger partial charge in [0.15, 0.2) is 5.82 Å². The highest BCUT2D eigenvalue weighted by Gasteiger charge is 2.30. The Hall–Kier alpha value is -3.75. The lowest BCUT2D eigenvalue weighted by atomic mass is 9.90. The summed E-state index contributed by atoms with van der Waals surface area (Å²) in [4.78, 5) is 17.0. The van der Waals surface area contributed by atoms with Crippen LogP contribution in [0.15, 0.2) is 52.9 Å². The lowest BCUT2D eigenvalue weighted by Gasteiger charge is -2.31. The van der Waals surface area contributed by atoms with E-state index in [1.165, 1.54) is 38.4 Å². The largest absolute Gasteiger partial charge is 0.381 e. The second kappa shape index (κ2) is 10.2. The number of nitriles is 1. The van der Waals surface area contributed by atoms with E-state index in [4.69, 9.17) is 5.10 Å². The van der Waals surface area contributed by atoms with Gasteiger partial charge in [0.1, 0.15) is 16.7 Å². The highest BCUT2D eigenvalue weighted by molar-refractivity contribution is 7.99. The molecular formula is C27H28FN7O2S. The minimum Gasteiger partial charge on any atom is -0.381 e.